The number of hydrogen-bond acceptors (Lipinski definition) is 3. The van der Waals surface area contributed by atoms with Gasteiger partial charge in [0.2, 0.25) is 0 Å². The Kier molecular flexibility index (Phi) is 4.83. The van der Waals surface area contributed by atoms with Gasteiger partial charge >= 0.3 is 0 Å². The van der Waals surface area contributed by atoms with Gasteiger partial charge in [-0.3, -0.25) is 4.79 Å². The Balaban J connectivity index is 1.62. The molecule has 1 aliphatic carbocycles. The van der Waals surface area contributed by atoms with Crippen LogP contribution in [0.25, 0.3) is 0 Å². The molecule has 6 heteroatoms. The first-order valence-electron chi connectivity index (χ1n) is 9.10. The van der Waals surface area contributed by atoms with Crippen LogP contribution in [0.1, 0.15) is 34.9 Å². The van der Waals surface area contributed by atoms with E-state index in [1.165, 1.54) is 13.2 Å². The molecule has 0 N–H and O–H groups in total. The second-order valence-corrected chi connectivity index (χ2v) is 7.06. The van der Waals surface area contributed by atoms with E-state index in [1.54, 1.807) is 4.90 Å². The van der Waals surface area contributed by atoms with Crippen molar-refractivity contribution in [1.82, 2.24) is 4.90 Å². The number of hydrogen-bond donors (Lipinski definition) is 0. The maximum atomic E-state index is 14.6. The van der Waals surface area contributed by atoms with E-state index in [9.17, 15) is 13.6 Å². The van der Waals surface area contributed by atoms with Gasteiger partial charge in [0.15, 0.2) is 17.4 Å². The second-order valence-electron chi connectivity index (χ2n) is 7.06. The van der Waals surface area contributed by atoms with Crippen LogP contribution in [0.5, 0.6) is 5.75 Å². The Morgan fingerprint density at radius 2 is 1.85 bits per heavy atom. The van der Waals surface area contributed by atoms with Gasteiger partial charge < -0.3 is 14.4 Å². The molecule has 1 saturated heterocycles. The van der Waals surface area contributed by atoms with Crippen LogP contribution in [0.3, 0.4) is 0 Å². The molecule has 1 aliphatic heterocycles. The van der Waals surface area contributed by atoms with Crippen molar-refractivity contribution in [3.63, 3.8) is 0 Å². The summed E-state index contributed by atoms with van der Waals surface area (Å²) < 4.78 is 39.3. The van der Waals surface area contributed by atoms with Crippen LogP contribution < -0.4 is 4.74 Å². The van der Waals surface area contributed by atoms with E-state index in [1.807, 2.05) is 30.3 Å². The molecule has 2 atom stereocenters. The van der Waals surface area contributed by atoms with Crippen molar-refractivity contribution in [3.05, 3.63) is 65.2 Å². The molecule has 2 aliphatic rings. The van der Waals surface area contributed by atoms with Crippen LogP contribution >= 0.6 is 0 Å². The summed E-state index contributed by atoms with van der Waals surface area (Å²) in [6, 6.07) is 11.9. The van der Waals surface area contributed by atoms with E-state index in [0.717, 1.165) is 24.5 Å². The molecule has 1 heterocycles. The molecule has 2 aromatic rings. The molecule has 0 aromatic heterocycles. The van der Waals surface area contributed by atoms with Crippen LogP contribution in [0, 0.1) is 17.6 Å². The fourth-order valence-corrected chi connectivity index (χ4v) is 3.59. The summed E-state index contributed by atoms with van der Waals surface area (Å²) in [5.41, 5.74) is 0.800. The molecule has 142 valence electrons. The molecule has 2 fully saturated rings. The van der Waals surface area contributed by atoms with Gasteiger partial charge in [-0.15, -0.1) is 0 Å². The predicted molar refractivity (Wildman–Crippen MR) is 95.6 cm³/mol. The number of methoxy groups -OCH3 is 1. The second kappa shape index (κ2) is 7.27. The minimum atomic E-state index is -0.965. The number of ether oxygens (including phenoxy) is 2. The van der Waals surface area contributed by atoms with E-state index in [2.05, 4.69) is 0 Å². The summed E-state index contributed by atoms with van der Waals surface area (Å²) in [5.74, 6) is -2.37. The van der Waals surface area contributed by atoms with E-state index < -0.39 is 23.3 Å². The molecule has 0 unspecified atom stereocenters. The minimum Gasteiger partial charge on any atom is -0.491 e. The Morgan fingerprint density at radius 3 is 2.52 bits per heavy atom. The standard InChI is InChI=1S/C21H21F2NO3/c1-26-20-16(22)10-9-15(19(20)23)21(25)24-11-17(13-5-3-2-4-6-13)27-18(12-24)14-7-8-14/h2-6,9-10,14,17-18H,7-8,11-12H2,1H3/t17-,18+/m0/s1. The summed E-state index contributed by atoms with van der Waals surface area (Å²) in [6.45, 7) is 0.733. The van der Waals surface area contributed by atoms with Gasteiger partial charge in [0.25, 0.3) is 5.91 Å². The number of amides is 1. The minimum absolute atomic E-state index is 0.0710. The van der Waals surface area contributed by atoms with Crippen molar-refractivity contribution >= 4 is 5.91 Å². The van der Waals surface area contributed by atoms with Crippen LogP contribution in [-0.2, 0) is 4.74 Å². The Labute approximate surface area is 156 Å². The van der Waals surface area contributed by atoms with Crippen LogP contribution in [0.2, 0.25) is 0 Å². The van der Waals surface area contributed by atoms with Crippen LogP contribution in [0.15, 0.2) is 42.5 Å². The first-order chi connectivity index (χ1) is 13.1. The van der Waals surface area contributed by atoms with E-state index >= 15 is 0 Å². The number of halogens is 2. The smallest absolute Gasteiger partial charge is 0.257 e. The van der Waals surface area contributed by atoms with Crippen molar-refractivity contribution in [2.45, 2.75) is 25.0 Å². The number of morpholine rings is 1. The van der Waals surface area contributed by atoms with Gasteiger partial charge in [-0.25, -0.2) is 8.78 Å². The molecular weight excluding hydrogens is 352 g/mol. The highest BCUT2D eigenvalue weighted by molar-refractivity contribution is 5.95. The Hall–Kier alpha value is -2.47. The molecule has 2 aromatic carbocycles. The summed E-state index contributed by atoms with van der Waals surface area (Å²) in [4.78, 5) is 14.6. The van der Waals surface area contributed by atoms with Crippen molar-refractivity contribution in [3.8, 4) is 5.75 Å². The maximum Gasteiger partial charge on any atom is 0.257 e. The van der Waals surface area contributed by atoms with Crippen LogP contribution in [-0.4, -0.2) is 37.1 Å². The van der Waals surface area contributed by atoms with Gasteiger partial charge in [-0.2, -0.15) is 0 Å². The molecule has 27 heavy (non-hydrogen) atoms. The third-order valence-electron chi connectivity index (χ3n) is 5.22. The SMILES string of the molecule is COc1c(F)ccc(C(=O)N2C[C@@H](c3ccccc3)O[C@@H](C3CC3)C2)c1F. The highest BCUT2D eigenvalue weighted by Crippen LogP contribution is 2.40. The lowest BCUT2D eigenvalue weighted by molar-refractivity contribution is -0.0864. The largest absolute Gasteiger partial charge is 0.491 e. The number of carbonyl (C=O) groups is 1. The fraction of sp³-hybridized carbons (Fsp3) is 0.381. The van der Waals surface area contributed by atoms with Crippen molar-refractivity contribution in [2.24, 2.45) is 5.92 Å². The summed E-state index contributed by atoms with van der Waals surface area (Å²) in [7, 11) is 1.18. The molecule has 4 nitrogen and oxygen atoms in total. The van der Waals surface area contributed by atoms with E-state index in [-0.39, 0.29) is 17.8 Å². The lowest BCUT2D eigenvalue weighted by atomic mass is 10.0. The monoisotopic (exact) mass is 373 g/mol. The van der Waals surface area contributed by atoms with Gasteiger partial charge in [0.1, 0.15) is 6.10 Å². The molecule has 0 spiro atoms. The van der Waals surface area contributed by atoms with Gasteiger partial charge in [0.05, 0.1) is 25.3 Å². The molecule has 1 amide bonds. The van der Waals surface area contributed by atoms with E-state index in [0.29, 0.717) is 19.0 Å². The third-order valence-corrected chi connectivity index (χ3v) is 5.22. The Bertz CT molecular complexity index is 839. The average molecular weight is 373 g/mol. The van der Waals surface area contributed by atoms with Crippen LogP contribution in [0.4, 0.5) is 8.78 Å². The zero-order chi connectivity index (χ0) is 19.0. The molecule has 0 radical (unpaired) electrons. The normalized spacial score (nSPS) is 22.6. The number of rotatable bonds is 4. The lowest BCUT2D eigenvalue weighted by Gasteiger charge is -2.38. The molecular formula is C21H21F2NO3. The van der Waals surface area contributed by atoms with Crippen molar-refractivity contribution in [1.29, 1.82) is 0 Å². The highest BCUT2D eigenvalue weighted by Gasteiger charge is 2.40. The first-order valence-corrected chi connectivity index (χ1v) is 9.10. The highest BCUT2D eigenvalue weighted by atomic mass is 19.1. The van der Waals surface area contributed by atoms with Gasteiger partial charge in [0, 0.05) is 6.54 Å². The number of benzene rings is 2. The molecule has 4 rings (SSSR count). The summed E-state index contributed by atoms with van der Waals surface area (Å²) in [6.07, 6.45) is 1.82. The zero-order valence-electron chi connectivity index (χ0n) is 15.0. The maximum absolute atomic E-state index is 14.6. The third kappa shape index (κ3) is 3.54. The number of carbonyl (C=O) groups excluding carboxylic acids is 1. The summed E-state index contributed by atoms with van der Waals surface area (Å²) in [5, 5.41) is 0. The zero-order valence-corrected chi connectivity index (χ0v) is 15.0. The lowest BCUT2D eigenvalue weighted by Crippen LogP contribution is -2.48. The predicted octanol–water partition coefficient (Wildman–Crippen LogP) is 3.97. The van der Waals surface area contributed by atoms with Gasteiger partial charge in [-0.05, 0) is 36.5 Å². The fourth-order valence-electron chi connectivity index (χ4n) is 3.59. The van der Waals surface area contributed by atoms with Crippen molar-refractivity contribution < 1.29 is 23.0 Å². The quantitative estimate of drug-likeness (QED) is 0.814. The number of nitrogens with zero attached hydrogens (tertiary/aromatic N) is 1. The Morgan fingerprint density at radius 1 is 1.11 bits per heavy atom. The first kappa shape index (κ1) is 17.9. The molecule has 1 saturated carbocycles. The average Bonchev–Trinajstić information content (AvgIpc) is 3.54. The van der Waals surface area contributed by atoms with E-state index in [4.69, 9.17) is 9.47 Å². The van der Waals surface area contributed by atoms with Gasteiger partial charge in [-0.1, -0.05) is 30.3 Å². The summed E-state index contributed by atoms with van der Waals surface area (Å²) >= 11 is 0. The van der Waals surface area contributed by atoms with Crippen molar-refractivity contribution in [2.75, 3.05) is 20.2 Å². The topological polar surface area (TPSA) is 38.8 Å². The molecule has 0 bridgehead atoms.